The van der Waals surface area contributed by atoms with Crippen molar-refractivity contribution in [3.63, 3.8) is 0 Å². The van der Waals surface area contributed by atoms with E-state index in [0.717, 1.165) is 12.8 Å². The monoisotopic (exact) mass is 358 g/mol. The van der Waals surface area contributed by atoms with Crippen molar-refractivity contribution in [2.45, 2.75) is 12.8 Å². The molecule has 130 valence electrons. The number of rotatable bonds is 3. The minimum Gasteiger partial charge on any atom is -0.508 e. The van der Waals surface area contributed by atoms with Gasteiger partial charge in [-0.3, -0.25) is 9.59 Å². The smallest absolute Gasteiger partial charge is 0.253 e. The van der Waals surface area contributed by atoms with Gasteiger partial charge < -0.3 is 15.3 Å². The van der Waals surface area contributed by atoms with Crippen molar-refractivity contribution < 1.29 is 14.7 Å². The van der Waals surface area contributed by atoms with Gasteiger partial charge in [0.25, 0.3) is 5.91 Å². The lowest BCUT2D eigenvalue weighted by Gasteiger charge is -2.32. The van der Waals surface area contributed by atoms with Gasteiger partial charge in [-0.25, -0.2) is 0 Å². The molecule has 2 aromatic carbocycles. The summed E-state index contributed by atoms with van der Waals surface area (Å²) in [5.74, 6) is -0.404. The second-order valence-electron chi connectivity index (χ2n) is 6.14. The number of benzene rings is 2. The van der Waals surface area contributed by atoms with Crippen LogP contribution in [0.2, 0.25) is 5.02 Å². The molecule has 0 saturated carbocycles. The Morgan fingerprint density at radius 2 is 1.92 bits per heavy atom. The Labute approximate surface area is 151 Å². The maximum absolute atomic E-state index is 12.6. The second kappa shape index (κ2) is 7.57. The lowest BCUT2D eigenvalue weighted by Crippen LogP contribution is -2.43. The van der Waals surface area contributed by atoms with E-state index < -0.39 is 0 Å². The van der Waals surface area contributed by atoms with E-state index >= 15 is 0 Å². The van der Waals surface area contributed by atoms with Crippen LogP contribution >= 0.6 is 11.6 Å². The summed E-state index contributed by atoms with van der Waals surface area (Å²) >= 11 is 5.86. The number of piperidine rings is 1. The zero-order valence-corrected chi connectivity index (χ0v) is 14.4. The van der Waals surface area contributed by atoms with Crippen LogP contribution in [-0.4, -0.2) is 34.9 Å². The quantitative estimate of drug-likeness (QED) is 0.881. The fourth-order valence-electron chi connectivity index (χ4n) is 2.98. The molecule has 1 heterocycles. The van der Waals surface area contributed by atoms with Crippen molar-refractivity contribution in [3.05, 3.63) is 59.1 Å². The largest absolute Gasteiger partial charge is 0.508 e. The normalized spacial score (nSPS) is 17.2. The maximum atomic E-state index is 12.6. The summed E-state index contributed by atoms with van der Waals surface area (Å²) in [5.41, 5.74) is 1.12. The summed E-state index contributed by atoms with van der Waals surface area (Å²) in [6.45, 7) is 1.02. The van der Waals surface area contributed by atoms with E-state index in [9.17, 15) is 14.7 Å². The van der Waals surface area contributed by atoms with Crippen LogP contribution < -0.4 is 5.32 Å². The molecular weight excluding hydrogens is 340 g/mol. The molecule has 1 aliphatic heterocycles. The molecule has 0 bridgehead atoms. The van der Waals surface area contributed by atoms with Crippen molar-refractivity contribution in [3.8, 4) is 5.75 Å². The third-order valence-corrected chi connectivity index (χ3v) is 4.54. The van der Waals surface area contributed by atoms with Gasteiger partial charge in [0.2, 0.25) is 5.91 Å². The molecule has 25 heavy (non-hydrogen) atoms. The topological polar surface area (TPSA) is 69.6 Å². The van der Waals surface area contributed by atoms with Gasteiger partial charge in [0, 0.05) is 35.4 Å². The van der Waals surface area contributed by atoms with Gasteiger partial charge in [-0.2, -0.15) is 0 Å². The first-order valence-electron chi connectivity index (χ1n) is 8.17. The number of halogens is 1. The number of hydrogen-bond acceptors (Lipinski definition) is 3. The second-order valence-corrected chi connectivity index (χ2v) is 6.57. The zero-order valence-electron chi connectivity index (χ0n) is 13.6. The number of hydrogen-bond donors (Lipinski definition) is 2. The maximum Gasteiger partial charge on any atom is 0.253 e. The van der Waals surface area contributed by atoms with Crippen molar-refractivity contribution >= 4 is 29.1 Å². The first kappa shape index (κ1) is 17.3. The molecule has 1 saturated heterocycles. The van der Waals surface area contributed by atoms with Crippen LogP contribution in [0.1, 0.15) is 23.2 Å². The van der Waals surface area contributed by atoms with Crippen LogP contribution in [0.3, 0.4) is 0 Å². The molecule has 1 aliphatic rings. The molecule has 3 rings (SSSR count). The number of carbonyl (C=O) groups is 2. The summed E-state index contributed by atoms with van der Waals surface area (Å²) < 4.78 is 0. The number of nitrogens with zero attached hydrogens (tertiary/aromatic N) is 1. The van der Waals surface area contributed by atoms with Crippen LogP contribution in [0, 0.1) is 5.92 Å². The van der Waals surface area contributed by atoms with Gasteiger partial charge >= 0.3 is 0 Å². The lowest BCUT2D eigenvalue weighted by molar-refractivity contribution is -0.121. The molecule has 2 N–H and O–H groups in total. The Morgan fingerprint density at radius 3 is 2.64 bits per heavy atom. The predicted molar refractivity (Wildman–Crippen MR) is 96.8 cm³/mol. The van der Waals surface area contributed by atoms with E-state index in [1.54, 1.807) is 47.4 Å². The third kappa shape index (κ3) is 4.31. The predicted octanol–water partition coefficient (Wildman–Crippen LogP) is 3.54. The van der Waals surface area contributed by atoms with Gasteiger partial charge in [-0.1, -0.05) is 17.7 Å². The third-order valence-electron chi connectivity index (χ3n) is 4.28. The highest BCUT2D eigenvalue weighted by atomic mass is 35.5. The number of anilines is 1. The highest BCUT2D eigenvalue weighted by molar-refractivity contribution is 6.30. The Kier molecular flexibility index (Phi) is 5.24. The molecule has 1 atom stereocenters. The van der Waals surface area contributed by atoms with Crippen molar-refractivity contribution in [1.82, 2.24) is 4.90 Å². The van der Waals surface area contributed by atoms with E-state index in [2.05, 4.69) is 5.32 Å². The zero-order chi connectivity index (χ0) is 17.8. The first-order chi connectivity index (χ1) is 12.0. The van der Waals surface area contributed by atoms with Gasteiger partial charge in [-0.05, 0) is 49.2 Å². The van der Waals surface area contributed by atoms with Gasteiger partial charge in [0.1, 0.15) is 5.75 Å². The minimum absolute atomic E-state index is 0.0912. The number of likely N-dealkylation sites (tertiary alicyclic amines) is 1. The van der Waals surface area contributed by atoms with Crippen molar-refractivity contribution in [2.75, 3.05) is 18.4 Å². The number of carbonyl (C=O) groups excluding carboxylic acids is 2. The Balaban J connectivity index is 1.65. The number of aromatic hydroxyl groups is 1. The fourth-order valence-corrected chi connectivity index (χ4v) is 3.10. The number of phenolic OH excluding ortho intramolecular Hbond substituents is 1. The highest BCUT2D eigenvalue weighted by Gasteiger charge is 2.29. The van der Waals surface area contributed by atoms with Crippen LogP contribution in [0.4, 0.5) is 5.69 Å². The summed E-state index contributed by atoms with van der Waals surface area (Å²) in [5, 5.41) is 12.9. The average Bonchev–Trinajstić information content (AvgIpc) is 2.62. The average molecular weight is 359 g/mol. The molecule has 2 aromatic rings. The SMILES string of the molecule is O=C(Nc1cccc(O)c1)C1CCCN(C(=O)c2ccc(Cl)cc2)C1. The molecule has 6 heteroatoms. The molecular formula is C19H19ClN2O3. The fraction of sp³-hybridized carbons (Fsp3) is 0.263. The van der Waals surface area contributed by atoms with E-state index in [4.69, 9.17) is 11.6 Å². The molecule has 5 nitrogen and oxygen atoms in total. The van der Waals surface area contributed by atoms with Crippen LogP contribution in [0.25, 0.3) is 0 Å². The molecule has 1 fully saturated rings. The molecule has 0 spiro atoms. The van der Waals surface area contributed by atoms with Gasteiger partial charge in [0.15, 0.2) is 0 Å². The molecule has 1 unspecified atom stereocenters. The van der Waals surface area contributed by atoms with Gasteiger partial charge in [-0.15, -0.1) is 0 Å². The Bertz CT molecular complexity index is 776. The summed E-state index contributed by atoms with van der Waals surface area (Å²) in [7, 11) is 0. The molecule has 2 amide bonds. The Hall–Kier alpha value is -2.53. The first-order valence-corrected chi connectivity index (χ1v) is 8.55. The van der Waals surface area contributed by atoms with Gasteiger partial charge in [0.05, 0.1) is 5.92 Å². The van der Waals surface area contributed by atoms with Crippen LogP contribution in [0.5, 0.6) is 5.75 Å². The summed E-state index contributed by atoms with van der Waals surface area (Å²) in [4.78, 5) is 26.8. The highest BCUT2D eigenvalue weighted by Crippen LogP contribution is 2.22. The molecule has 0 aliphatic carbocycles. The van der Waals surface area contributed by atoms with Crippen molar-refractivity contribution in [1.29, 1.82) is 0 Å². The minimum atomic E-state index is -0.271. The lowest BCUT2D eigenvalue weighted by atomic mass is 9.96. The number of phenols is 1. The van der Waals surface area contributed by atoms with Crippen LogP contribution in [-0.2, 0) is 4.79 Å². The Morgan fingerprint density at radius 1 is 1.16 bits per heavy atom. The summed E-state index contributed by atoms with van der Waals surface area (Å²) in [6.07, 6.45) is 1.51. The number of nitrogens with one attached hydrogen (secondary N) is 1. The van der Waals surface area contributed by atoms with E-state index in [1.165, 1.54) is 6.07 Å². The molecule has 0 aromatic heterocycles. The van der Waals surface area contributed by atoms with E-state index in [-0.39, 0.29) is 23.5 Å². The van der Waals surface area contributed by atoms with E-state index in [0.29, 0.717) is 29.4 Å². The standard InChI is InChI=1S/C19H19ClN2O3/c20-15-8-6-13(7-9-15)19(25)22-10-2-3-14(12-22)18(24)21-16-4-1-5-17(23)11-16/h1,4-9,11,14,23H,2-3,10,12H2,(H,21,24). The van der Waals surface area contributed by atoms with Crippen LogP contribution in [0.15, 0.2) is 48.5 Å². The van der Waals surface area contributed by atoms with Crippen molar-refractivity contribution in [2.24, 2.45) is 5.92 Å². The number of amides is 2. The summed E-state index contributed by atoms with van der Waals surface area (Å²) in [6, 6.07) is 13.2. The van der Waals surface area contributed by atoms with E-state index in [1.807, 2.05) is 0 Å². The molecule has 0 radical (unpaired) electrons.